The number of fused-ring (bicyclic) bond motifs is 1. The first-order valence-corrected chi connectivity index (χ1v) is 7.54. The lowest BCUT2D eigenvalue weighted by atomic mass is 10.1. The van der Waals surface area contributed by atoms with E-state index in [9.17, 15) is 13.2 Å². The molecule has 0 radical (unpaired) electrons. The van der Waals surface area contributed by atoms with Gasteiger partial charge in [0.15, 0.2) is 0 Å². The monoisotopic (exact) mass is 345 g/mol. The van der Waals surface area contributed by atoms with E-state index in [0.717, 1.165) is 37.3 Å². The SMILES string of the molecule is Cc1nc2cc(OC(F)(F)F)ccc2c(N2CCNCC2)c1Cl. The molecule has 1 N–H and O–H groups in total. The van der Waals surface area contributed by atoms with Crippen molar-refractivity contribution in [2.75, 3.05) is 31.1 Å². The molecule has 0 saturated carbocycles. The average Bonchev–Trinajstić information content (AvgIpc) is 2.48. The van der Waals surface area contributed by atoms with Gasteiger partial charge in [-0.1, -0.05) is 11.6 Å². The van der Waals surface area contributed by atoms with Crippen molar-refractivity contribution in [3.8, 4) is 5.75 Å². The third-order valence-electron chi connectivity index (χ3n) is 3.70. The van der Waals surface area contributed by atoms with Gasteiger partial charge in [0.25, 0.3) is 0 Å². The van der Waals surface area contributed by atoms with E-state index in [-0.39, 0.29) is 5.75 Å². The summed E-state index contributed by atoms with van der Waals surface area (Å²) in [5.74, 6) is -0.287. The van der Waals surface area contributed by atoms with Crippen LogP contribution in [0.15, 0.2) is 18.2 Å². The average molecular weight is 346 g/mol. The number of hydrogen-bond donors (Lipinski definition) is 1. The molecule has 0 unspecified atom stereocenters. The molecular weight excluding hydrogens is 331 g/mol. The first-order chi connectivity index (χ1) is 10.8. The molecule has 1 aromatic carbocycles. The van der Waals surface area contributed by atoms with Gasteiger partial charge in [0.05, 0.1) is 21.9 Å². The van der Waals surface area contributed by atoms with Crippen molar-refractivity contribution in [3.05, 3.63) is 28.9 Å². The first-order valence-electron chi connectivity index (χ1n) is 7.16. The fourth-order valence-corrected chi connectivity index (χ4v) is 2.98. The summed E-state index contributed by atoms with van der Waals surface area (Å²) in [5, 5.41) is 4.51. The van der Waals surface area contributed by atoms with Crippen LogP contribution in [0.25, 0.3) is 10.9 Å². The highest BCUT2D eigenvalue weighted by molar-refractivity contribution is 6.35. The molecular formula is C15H15ClF3N3O. The van der Waals surface area contributed by atoms with Gasteiger partial charge >= 0.3 is 6.36 Å². The van der Waals surface area contributed by atoms with E-state index in [1.54, 1.807) is 13.0 Å². The maximum absolute atomic E-state index is 12.4. The lowest BCUT2D eigenvalue weighted by Gasteiger charge is -2.31. The normalized spacial score (nSPS) is 16.0. The van der Waals surface area contributed by atoms with Gasteiger partial charge < -0.3 is 15.0 Å². The number of rotatable bonds is 2. The summed E-state index contributed by atoms with van der Waals surface area (Å²) in [6.07, 6.45) is -4.73. The minimum Gasteiger partial charge on any atom is -0.406 e. The van der Waals surface area contributed by atoms with Crippen LogP contribution >= 0.6 is 11.6 Å². The molecule has 1 aliphatic heterocycles. The van der Waals surface area contributed by atoms with Gasteiger partial charge in [-0.2, -0.15) is 0 Å². The predicted octanol–water partition coefficient (Wildman–Crippen LogP) is 3.50. The van der Waals surface area contributed by atoms with Gasteiger partial charge in [-0.05, 0) is 19.1 Å². The van der Waals surface area contributed by atoms with E-state index in [4.69, 9.17) is 11.6 Å². The lowest BCUT2D eigenvalue weighted by Crippen LogP contribution is -2.43. The smallest absolute Gasteiger partial charge is 0.406 e. The number of aryl methyl sites for hydroxylation is 1. The summed E-state index contributed by atoms with van der Waals surface area (Å²) >= 11 is 6.42. The number of anilines is 1. The number of nitrogens with zero attached hydrogens (tertiary/aromatic N) is 2. The lowest BCUT2D eigenvalue weighted by molar-refractivity contribution is -0.274. The molecule has 1 aliphatic rings. The van der Waals surface area contributed by atoms with Crippen LogP contribution in [0.3, 0.4) is 0 Å². The predicted molar refractivity (Wildman–Crippen MR) is 83.3 cm³/mol. The van der Waals surface area contributed by atoms with Crippen molar-refractivity contribution in [1.29, 1.82) is 0 Å². The van der Waals surface area contributed by atoms with Crippen LogP contribution in [0.1, 0.15) is 5.69 Å². The number of benzene rings is 1. The molecule has 2 heterocycles. The minimum absolute atomic E-state index is 0.287. The van der Waals surface area contributed by atoms with Crippen LogP contribution in [0, 0.1) is 6.92 Å². The molecule has 0 atom stereocenters. The molecule has 23 heavy (non-hydrogen) atoms. The van der Waals surface area contributed by atoms with E-state index in [0.29, 0.717) is 16.2 Å². The van der Waals surface area contributed by atoms with Gasteiger partial charge in [-0.15, -0.1) is 13.2 Å². The maximum Gasteiger partial charge on any atom is 0.573 e. The number of nitrogens with one attached hydrogen (secondary N) is 1. The molecule has 0 spiro atoms. The zero-order chi connectivity index (χ0) is 16.6. The number of ether oxygens (including phenoxy) is 1. The molecule has 0 bridgehead atoms. The molecule has 1 saturated heterocycles. The topological polar surface area (TPSA) is 37.4 Å². The van der Waals surface area contributed by atoms with Crippen molar-refractivity contribution in [1.82, 2.24) is 10.3 Å². The Balaban J connectivity index is 2.09. The molecule has 8 heteroatoms. The third kappa shape index (κ3) is 3.45. The summed E-state index contributed by atoms with van der Waals surface area (Å²) in [7, 11) is 0. The van der Waals surface area contributed by atoms with Crippen LogP contribution in [0.2, 0.25) is 5.02 Å². The quantitative estimate of drug-likeness (QED) is 0.904. The Bertz CT molecular complexity index is 730. The maximum atomic E-state index is 12.4. The highest BCUT2D eigenvalue weighted by Gasteiger charge is 2.31. The molecule has 3 rings (SSSR count). The highest BCUT2D eigenvalue weighted by Crippen LogP contribution is 2.37. The van der Waals surface area contributed by atoms with Crippen LogP contribution in [-0.4, -0.2) is 37.5 Å². The number of aromatic nitrogens is 1. The van der Waals surface area contributed by atoms with E-state index in [2.05, 4.69) is 19.9 Å². The van der Waals surface area contributed by atoms with Gasteiger partial charge in [-0.25, -0.2) is 0 Å². The Hall–Kier alpha value is -1.73. The summed E-state index contributed by atoms with van der Waals surface area (Å²) in [4.78, 5) is 6.42. The van der Waals surface area contributed by atoms with Crippen LogP contribution in [-0.2, 0) is 0 Å². The Kier molecular flexibility index (Phi) is 4.25. The van der Waals surface area contributed by atoms with E-state index >= 15 is 0 Å². The second kappa shape index (κ2) is 6.05. The van der Waals surface area contributed by atoms with Gasteiger partial charge in [0.1, 0.15) is 5.75 Å². The molecule has 1 aromatic heterocycles. The Morgan fingerprint density at radius 3 is 2.61 bits per heavy atom. The van der Waals surface area contributed by atoms with E-state index < -0.39 is 6.36 Å². The fraction of sp³-hybridized carbons (Fsp3) is 0.400. The second-order valence-corrected chi connectivity index (χ2v) is 5.70. The summed E-state index contributed by atoms with van der Waals surface area (Å²) < 4.78 is 41.1. The Morgan fingerprint density at radius 2 is 1.96 bits per heavy atom. The fourth-order valence-electron chi connectivity index (χ4n) is 2.72. The standard InChI is InChI=1S/C15H15ClF3N3O/c1-9-13(16)14(22-6-4-20-5-7-22)11-3-2-10(8-12(11)21-9)23-15(17,18)19/h2-3,8,20H,4-7H2,1H3. The van der Waals surface area contributed by atoms with Crippen molar-refractivity contribution < 1.29 is 17.9 Å². The number of alkyl halides is 3. The summed E-state index contributed by atoms with van der Waals surface area (Å²) in [5.41, 5.74) is 1.83. The highest BCUT2D eigenvalue weighted by atomic mass is 35.5. The Morgan fingerprint density at radius 1 is 1.26 bits per heavy atom. The van der Waals surface area contributed by atoms with Crippen LogP contribution in [0.4, 0.5) is 18.9 Å². The number of hydrogen-bond acceptors (Lipinski definition) is 4. The van der Waals surface area contributed by atoms with Gasteiger partial charge in [0, 0.05) is 37.6 Å². The number of piperazine rings is 1. The molecule has 2 aromatic rings. The van der Waals surface area contributed by atoms with Crippen molar-refractivity contribution in [2.45, 2.75) is 13.3 Å². The van der Waals surface area contributed by atoms with Crippen molar-refractivity contribution in [2.24, 2.45) is 0 Å². The third-order valence-corrected chi connectivity index (χ3v) is 4.16. The largest absolute Gasteiger partial charge is 0.573 e. The molecule has 0 amide bonds. The molecule has 124 valence electrons. The minimum atomic E-state index is -4.73. The molecule has 1 fully saturated rings. The van der Waals surface area contributed by atoms with Crippen molar-refractivity contribution in [3.63, 3.8) is 0 Å². The number of halogens is 4. The number of pyridine rings is 1. The van der Waals surface area contributed by atoms with E-state index in [1.165, 1.54) is 12.1 Å². The van der Waals surface area contributed by atoms with E-state index in [1.807, 2.05) is 0 Å². The molecule has 4 nitrogen and oxygen atoms in total. The summed E-state index contributed by atoms with van der Waals surface area (Å²) in [6, 6.07) is 4.15. The second-order valence-electron chi connectivity index (χ2n) is 5.32. The van der Waals surface area contributed by atoms with Crippen LogP contribution in [0.5, 0.6) is 5.75 Å². The van der Waals surface area contributed by atoms with Crippen molar-refractivity contribution >= 4 is 28.2 Å². The summed E-state index contributed by atoms with van der Waals surface area (Å²) in [6.45, 7) is 4.95. The molecule has 0 aliphatic carbocycles. The first kappa shape index (κ1) is 16.1. The van der Waals surface area contributed by atoms with Gasteiger partial charge in [0.2, 0.25) is 0 Å². The van der Waals surface area contributed by atoms with Crippen LogP contribution < -0.4 is 15.0 Å². The Labute approximate surface area is 136 Å². The van der Waals surface area contributed by atoms with Gasteiger partial charge in [-0.3, -0.25) is 4.98 Å². The zero-order valence-corrected chi connectivity index (χ0v) is 13.1. The zero-order valence-electron chi connectivity index (χ0n) is 12.4.